The fourth-order valence-electron chi connectivity index (χ4n) is 1.33. The summed E-state index contributed by atoms with van der Waals surface area (Å²) >= 11 is 3.36. The van der Waals surface area contributed by atoms with E-state index in [1.165, 1.54) is 12.8 Å². The second-order valence-corrected chi connectivity index (χ2v) is 4.85. The topological polar surface area (TPSA) is 20.3 Å². The van der Waals surface area contributed by atoms with Gasteiger partial charge in [-0.1, -0.05) is 28.8 Å². The summed E-state index contributed by atoms with van der Waals surface area (Å²) in [7, 11) is 0. The third-order valence-corrected chi connectivity index (χ3v) is 3.43. The predicted molar refractivity (Wildman–Crippen MR) is 61.1 cm³/mol. The van der Waals surface area contributed by atoms with Crippen molar-refractivity contribution in [1.82, 2.24) is 4.90 Å². The zero-order chi connectivity index (χ0) is 10.6. The van der Waals surface area contributed by atoms with Crippen LogP contribution in [-0.2, 0) is 4.79 Å². The predicted octanol–water partition coefficient (Wildman–Crippen LogP) is 2.03. The van der Waals surface area contributed by atoms with E-state index in [-0.39, 0.29) is 10.7 Å². The van der Waals surface area contributed by atoms with Crippen molar-refractivity contribution >= 4 is 21.8 Å². The van der Waals surface area contributed by atoms with Crippen LogP contribution in [-0.4, -0.2) is 28.7 Å². The monoisotopic (exact) mass is 257 g/mol. The number of carbonyl (C=O) groups is 1. The van der Waals surface area contributed by atoms with Gasteiger partial charge in [0.05, 0.1) is 11.4 Å². The largest absolute Gasteiger partial charge is 0.330 e. The van der Waals surface area contributed by atoms with Crippen molar-refractivity contribution in [2.24, 2.45) is 5.92 Å². The number of nitrogens with zero attached hydrogens (tertiary/aromatic N) is 1. The highest BCUT2D eigenvalue weighted by Crippen LogP contribution is 2.30. The normalized spacial score (nSPS) is 17.2. The molecule has 1 unspecified atom stereocenters. The van der Waals surface area contributed by atoms with Gasteiger partial charge in [-0.2, -0.15) is 0 Å². The lowest BCUT2D eigenvalue weighted by molar-refractivity contribution is -0.130. The van der Waals surface area contributed by atoms with Crippen molar-refractivity contribution in [2.75, 3.05) is 13.1 Å². The standard InChI is InChI=1S/C11H16BrNO/c1-3-7-13(8-9-5-6-9)11(14)10(12)4-2/h1,9-10H,4-8H2,2H3. The number of rotatable bonds is 5. The Morgan fingerprint density at radius 2 is 2.36 bits per heavy atom. The molecule has 0 heterocycles. The Hall–Kier alpha value is -0.490. The fraction of sp³-hybridized carbons (Fsp3) is 0.727. The van der Waals surface area contributed by atoms with Gasteiger partial charge in [0.1, 0.15) is 0 Å². The molecule has 1 amide bonds. The summed E-state index contributed by atoms with van der Waals surface area (Å²) < 4.78 is 0. The van der Waals surface area contributed by atoms with Crippen molar-refractivity contribution in [3.05, 3.63) is 0 Å². The summed E-state index contributed by atoms with van der Waals surface area (Å²) in [5, 5.41) is 0. The van der Waals surface area contributed by atoms with Crippen LogP contribution in [0.4, 0.5) is 0 Å². The summed E-state index contributed by atoms with van der Waals surface area (Å²) in [5.74, 6) is 3.38. The lowest BCUT2D eigenvalue weighted by Crippen LogP contribution is -2.38. The summed E-state index contributed by atoms with van der Waals surface area (Å²) in [4.78, 5) is 13.5. The van der Waals surface area contributed by atoms with Gasteiger partial charge in [-0.15, -0.1) is 6.42 Å². The Morgan fingerprint density at radius 3 is 2.79 bits per heavy atom. The highest BCUT2D eigenvalue weighted by atomic mass is 79.9. The average molecular weight is 258 g/mol. The lowest BCUT2D eigenvalue weighted by atomic mass is 10.2. The molecular formula is C11H16BrNO. The molecule has 1 aliphatic carbocycles. The molecule has 1 saturated carbocycles. The van der Waals surface area contributed by atoms with Gasteiger partial charge in [-0.25, -0.2) is 0 Å². The number of hydrogen-bond donors (Lipinski definition) is 0. The molecule has 2 nitrogen and oxygen atoms in total. The molecule has 0 aromatic carbocycles. The van der Waals surface area contributed by atoms with E-state index < -0.39 is 0 Å². The van der Waals surface area contributed by atoms with E-state index >= 15 is 0 Å². The first kappa shape index (κ1) is 11.6. The van der Waals surface area contributed by atoms with Gasteiger partial charge >= 0.3 is 0 Å². The minimum Gasteiger partial charge on any atom is -0.330 e. The van der Waals surface area contributed by atoms with Crippen LogP contribution < -0.4 is 0 Å². The molecule has 0 bridgehead atoms. The fourth-order valence-corrected chi connectivity index (χ4v) is 1.62. The van der Waals surface area contributed by atoms with Crippen LogP contribution in [0.1, 0.15) is 26.2 Å². The Kier molecular flexibility index (Phi) is 4.47. The number of alkyl halides is 1. The van der Waals surface area contributed by atoms with Crippen molar-refractivity contribution in [3.63, 3.8) is 0 Å². The maximum absolute atomic E-state index is 11.8. The molecule has 1 aliphatic rings. The summed E-state index contributed by atoms with van der Waals surface area (Å²) in [6.45, 7) is 3.27. The molecule has 0 aliphatic heterocycles. The average Bonchev–Trinajstić information content (AvgIpc) is 2.98. The van der Waals surface area contributed by atoms with E-state index in [0.717, 1.165) is 13.0 Å². The second kappa shape index (κ2) is 5.41. The quantitative estimate of drug-likeness (QED) is 0.546. The molecule has 3 heteroatoms. The van der Waals surface area contributed by atoms with Gasteiger partial charge in [0, 0.05) is 6.54 Å². The minimum atomic E-state index is -0.0744. The molecule has 1 rings (SSSR count). The highest BCUT2D eigenvalue weighted by Gasteiger charge is 2.28. The Morgan fingerprint density at radius 1 is 1.71 bits per heavy atom. The molecular weight excluding hydrogens is 242 g/mol. The molecule has 0 saturated heterocycles. The minimum absolute atomic E-state index is 0.0744. The third-order valence-electron chi connectivity index (χ3n) is 2.40. The Labute approximate surface area is 94.2 Å². The molecule has 0 spiro atoms. The molecule has 1 atom stereocenters. The van der Waals surface area contributed by atoms with Gasteiger partial charge in [-0.05, 0) is 25.2 Å². The van der Waals surface area contributed by atoms with Gasteiger partial charge in [0.25, 0.3) is 0 Å². The Balaban J connectivity index is 2.47. The molecule has 1 fully saturated rings. The molecule has 0 N–H and O–H groups in total. The zero-order valence-electron chi connectivity index (χ0n) is 8.50. The summed E-state index contributed by atoms with van der Waals surface area (Å²) in [5.41, 5.74) is 0. The number of terminal acetylenes is 1. The highest BCUT2D eigenvalue weighted by molar-refractivity contribution is 9.10. The van der Waals surface area contributed by atoms with Crippen LogP contribution in [0.2, 0.25) is 0 Å². The van der Waals surface area contributed by atoms with E-state index in [0.29, 0.717) is 12.5 Å². The maximum atomic E-state index is 11.8. The zero-order valence-corrected chi connectivity index (χ0v) is 10.1. The SMILES string of the molecule is C#CCN(CC1CC1)C(=O)C(Br)CC. The van der Waals surface area contributed by atoms with E-state index in [1.54, 1.807) is 4.90 Å². The number of hydrogen-bond acceptors (Lipinski definition) is 1. The first-order chi connectivity index (χ1) is 6.69. The van der Waals surface area contributed by atoms with Crippen molar-refractivity contribution in [1.29, 1.82) is 0 Å². The second-order valence-electron chi connectivity index (χ2n) is 3.74. The first-order valence-corrected chi connectivity index (χ1v) is 5.97. The molecule has 78 valence electrons. The summed E-state index contributed by atoms with van der Waals surface area (Å²) in [6.07, 6.45) is 8.54. The van der Waals surface area contributed by atoms with Crippen LogP contribution >= 0.6 is 15.9 Å². The van der Waals surface area contributed by atoms with Gasteiger partial charge in [0.2, 0.25) is 5.91 Å². The maximum Gasteiger partial charge on any atom is 0.237 e. The van der Waals surface area contributed by atoms with Crippen molar-refractivity contribution in [2.45, 2.75) is 31.0 Å². The molecule has 0 aromatic rings. The van der Waals surface area contributed by atoms with Crippen molar-refractivity contribution < 1.29 is 4.79 Å². The molecule has 0 radical (unpaired) electrons. The third kappa shape index (κ3) is 3.34. The molecule has 0 aromatic heterocycles. The van der Waals surface area contributed by atoms with Crippen LogP contribution in [0.3, 0.4) is 0 Å². The van der Waals surface area contributed by atoms with E-state index in [9.17, 15) is 4.79 Å². The van der Waals surface area contributed by atoms with Crippen molar-refractivity contribution in [3.8, 4) is 12.3 Å². The summed E-state index contributed by atoms with van der Waals surface area (Å²) in [6, 6.07) is 0. The van der Waals surface area contributed by atoms with Crippen LogP contribution in [0.5, 0.6) is 0 Å². The first-order valence-electron chi connectivity index (χ1n) is 5.05. The molecule has 14 heavy (non-hydrogen) atoms. The van der Waals surface area contributed by atoms with E-state index in [2.05, 4.69) is 21.9 Å². The smallest absolute Gasteiger partial charge is 0.237 e. The van der Waals surface area contributed by atoms with Crippen LogP contribution in [0.25, 0.3) is 0 Å². The number of carbonyl (C=O) groups excluding carboxylic acids is 1. The lowest BCUT2D eigenvalue weighted by Gasteiger charge is -2.22. The van der Waals surface area contributed by atoms with Gasteiger partial charge < -0.3 is 4.90 Å². The number of amides is 1. The van der Waals surface area contributed by atoms with Gasteiger partial charge in [0.15, 0.2) is 0 Å². The van der Waals surface area contributed by atoms with Crippen LogP contribution in [0.15, 0.2) is 0 Å². The van der Waals surface area contributed by atoms with E-state index in [4.69, 9.17) is 6.42 Å². The van der Waals surface area contributed by atoms with E-state index in [1.807, 2.05) is 6.92 Å². The Bertz CT molecular complexity index is 242. The number of halogens is 1. The van der Waals surface area contributed by atoms with Crippen LogP contribution in [0, 0.1) is 18.3 Å². The van der Waals surface area contributed by atoms with Gasteiger partial charge in [-0.3, -0.25) is 4.79 Å².